The third-order valence-corrected chi connectivity index (χ3v) is 4.79. The first-order chi connectivity index (χ1) is 8.70. The van der Waals surface area contributed by atoms with Crippen molar-refractivity contribution in [1.82, 2.24) is 0 Å². The number of carbonyl (C=O) groups excluding carboxylic acids is 1. The molecular weight excluding hydrogens is 232 g/mol. The van der Waals surface area contributed by atoms with Gasteiger partial charge in [0, 0.05) is 5.56 Å². The number of allylic oxidation sites excluding steroid dienone is 1. The number of hydrogen-bond acceptors (Lipinski definition) is 1. The van der Waals surface area contributed by atoms with Crippen molar-refractivity contribution in [3.63, 3.8) is 0 Å². The predicted octanol–water partition coefficient (Wildman–Crippen LogP) is 4.65. The first-order valence-electron chi connectivity index (χ1n) is 6.98. The van der Waals surface area contributed by atoms with Crippen molar-refractivity contribution in [3.8, 4) is 0 Å². The fourth-order valence-corrected chi connectivity index (χ4v) is 3.38. The van der Waals surface area contributed by atoms with E-state index in [1.54, 1.807) is 6.92 Å². The lowest BCUT2D eigenvalue weighted by Crippen LogP contribution is -2.40. The van der Waals surface area contributed by atoms with Crippen LogP contribution in [0.2, 0.25) is 0 Å². The van der Waals surface area contributed by atoms with E-state index in [1.165, 1.54) is 11.1 Å². The van der Waals surface area contributed by atoms with Crippen molar-refractivity contribution in [2.24, 2.45) is 5.92 Å². The van der Waals surface area contributed by atoms with Gasteiger partial charge in [0.25, 0.3) is 0 Å². The number of ketones is 1. The first kappa shape index (κ1) is 14.0. The second kappa shape index (κ2) is 4.33. The Morgan fingerprint density at radius 2 is 1.89 bits per heavy atom. The van der Waals surface area contributed by atoms with Crippen LogP contribution in [-0.4, -0.2) is 5.78 Å². The molecule has 0 N–H and O–H groups in total. The summed E-state index contributed by atoms with van der Waals surface area (Å²) in [6.45, 7) is 14.7. The second-order valence-electron chi connectivity index (χ2n) is 6.97. The summed E-state index contributed by atoms with van der Waals surface area (Å²) in [5, 5.41) is 0. The molecule has 19 heavy (non-hydrogen) atoms. The molecule has 2 rings (SSSR count). The standard InChI is InChI=1S/C18H24O/c1-7-14-11-17(3,4)16-10-13(12(2)19)8-9-15(16)18(14,5)6/h7-10,14H,1,11H2,2-6H3. The van der Waals surface area contributed by atoms with Crippen LogP contribution in [0.4, 0.5) is 0 Å². The minimum Gasteiger partial charge on any atom is -0.295 e. The summed E-state index contributed by atoms with van der Waals surface area (Å²) >= 11 is 0. The van der Waals surface area contributed by atoms with Crippen LogP contribution in [0.3, 0.4) is 0 Å². The molecule has 0 heterocycles. The van der Waals surface area contributed by atoms with Gasteiger partial charge in [-0.05, 0) is 47.3 Å². The van der Waals surface area contributed by atoms with E-state index in [0.717, 1.165) is 12.0 Å². The zero-order valence-electron chi connectivity index (χ0n) is 12.7. The molecule has 0 bridgehead atoms. The lowest BCUT2D eigenvalue weighted by atomic mass is 9.57. The lowest BCUT2D eigenvalue weighted by Gasteiger charge is -2.46. The summed E-state index contributed by atoms with van der Waals surface area (Å²) in [4.78, 5) is 11.6. The zero-order valence-corrected chi connectivity index (χ0v) is 12.7. The molecule has 1 unspecified atom stereocenters. The van der Waals surface area contributed by atoms with Gasteiger partial charge in [-0.25, -0.2) is 0 Å². The van der Waals surface area contributed by atoms with Gasteiger partial charge in [-0.15, -0.1) is 6.58 Å². The Hall–Kier alpha value is -1.37. The van der Waals surface area contributed by atoms with Gasteiger partial charge in [0.2, 0.25) is 0 Å². The summed E-state index contributed by atoms with van der Waals surface area (Å²) in [5.74, 6) is 0.612. The van der Waals surface area contributed by atoms with Crippen LogP contribution in [0.1, 0.15) is 62.5 Å². The third kappa shape index (κ3) is 2.16. The molecule has 0 saturated heterocycles. The Bertz CT molecular complexity index is 535. The number of hydrogen-bond donors (Lipinski definition) is 0. The maximum atomic E-state index is 11.6. The van der Waals surface area contributed by atoms with Gasteiger partial charge in [0.05, 0.1) is 0 Å². The number of benzene rings is 1. The molecular formula is C18H24O. The fraction of sp³-hybridized carbons (Fsp3) is 0.500. The Labute approximate surface area is 116 Å². The van der Waals surface area contributed by atoms with E-state index in [1.807, 2.05) is 6.07 Å². The minimum atomic E-state index is 0.0852. The average Bonchev–Trinajstić information content (AvgIpc) is 2.33. The molecule has 1 aromatic rings. The van der Waals surface area contributed by atoms with E-state index in [9.17, 15) is 4.79 Å². The number of Topliss-reactive ketones (excluding diaryl/α,β-unsaturated/α-hetero) is 1. The quantitative estimate of drug-likeness (QED) is 0.556. The molecule has 1 nitrogen and oxygen atoms in total. The van der Waals surface area contributed by atoms with Gasteiger partial charge >= 0.3 is 0 Å². The van der Waals surface area contributed by atoms with Gasteiger partial charge in [0.15, 0.2) is 5.78 Å². The topological polar surface area (TPSA) is 17.1 Å². The SMILES string of the molecule is C=CC1CC(C)(C)c2cc(C(C)=O)ccc2C1(C)C. The Morgan fingerprint density at radius 1 is 1.26 bits per heavy atom. The fourth-order valence-electron chi connectivity index (χ4n) is 3.38. The highest BCUT2D eigenvalue weighted by atomic mass is 16.1. The summed E-state index contributed by atoms with van der Waals surface area (Å²) in [6.07, 6.45) is 3.17. The van der Waals surface area contributed by atoms with Crippen LogP contribution in [0, 0.1) is 5.92 Å². The van der Waals surface area contributed by atoms with Gasteiger partial charge in [-0.1, -0.05) is 45.9 Å². The number of fused-ring (bicyclic) bond motifs is 1. The summed E-state index contributed by atoms with van der Waals surface area (Å²) in [5.41, 5.74) is 3.68. The molecule has 0 aromatic heterocycles. The van der Waals surface area contributed by atoms with Crippen LogP contribution in [-0.2, 0) is 10.8 Å². The molecule has 1 atom stereocenters. The minimum absolute atomic E-state index is 0.0852. The highest BCUT2D eigenvalue weighted by Crippen LogP contribution is 2.49. The maximum Gasteiger partial charge on any atom is 0.159 e. The Balaban J connectivity index is 2.68. The highest BCUT2D eigenvalue weighted by Gasteiger charge is 2.42. The molecule has 0 spiro atoms. The maximum absolute atomic E-state index is 11.6. The number of carbonyl (C=O) groups is 1. The molecule has 0 saturated carbocycles. The van der Waals surface area contributed by atoms with Crippen LogP contribution in [0.25, 0.3) is 0 Å². The molecule has 102 valence electrons. The van der Waals surface area contributed by atoms with Crippen LogP contribution in [0.5, 0.6) is 0 Å². The molecule has 0 amide bonds. The van der Waals surface area contributed by atoms with E-state index in [2.05, 4.69) is 52.5 Å². The van der Waals surface area contributed by atoms with Gasteiger partial charge in [-0.3, -0.25) is 4.79 Å². The van der Waals surface area contributed by atoms with Crippen LogP contribution in [0.15, 0.2) is 30.9 Å². The van der Waals surface area contributed by atoms with Crippen molar-refractivity contribution in [3.05, 3.63) is 47.5 Å². The van der Waals surface area contributed by atoms with E-state index < -0.39 is 0 Å². The molecule has 0 aliphatic heterocycles. The summed E-state index contributed by atoms with van der Waals surface area (Å²) in [7, 11) is 0. The van der Waals surface area contributed by atoms with Gasteiger partial charge in [-0.2, -0.15) is 0 Å². The smallest absolute Gasteiger partial charge is 0.159 e. The second-order valence-corrected chi connectivity index (χ2v) is 6.97. The predicted molar refractivity (Wildman–Crippen MR) is 80.8 cm³/mol. The summed E-state index contributed by atoms with van der Waals surface area (Å²) in [6, 6.07) is 6.20. The third-order valence-electron chi connectivity index (χ3n) is 4.79. The van der Waals surface area contributed by atoms with Crippen molar-refractivity contribution < 1.29 is 4.79 Å². The molecule has 1 aromatic carbocycles. The highest BCUT2D eigenvalue weighted by molar-refractivity contribution is 5.94. The molecule has 1 aliphatic carbocycles. The normalized spacial score (nSPS) is 23.5. The monoisotopic (exact) mass is 256 g/mol. The van der Waals surface area contributed by atoms with E-state index in [-0.39, 0.29) is 16.6 Å². The largest absolute Gasteiger partial charge is 0.295 e. The molecule has 0 fully saturated rings. The van der Waals surface area contributed by atoms with E-state index in [0.29, 0.717) is 5.92 Å². The Morgan fingerprint density at radius 3 is 2.42 bits per heavy atom. The summed E-state index contributed by atoms with van der Waals surface area (Å²) < 4.78 is 0. The lowest BCUT2D eigenvalue weighted by molar-refractivity contribution is 0.101. The van der Waals surface area contributed by atoms with Gasteiger partial charge in [0.1, 0.15) is 0 Å². The van der Waals surface area contributed by atoms with Crippen molar-refractivity contribution >= 4 is 5.78 Å². The van der Waals surface area contributed by atoms with Crippen molar-refractivity contribution in [1.29, 1.82) is 0 Å². The van der Waals surface area contributed by atoms with Crippen LogP contribution < -0.4 is 0 Å². The number of rotatable bonds is 2. The van der Waals surface area contributed by atoms with Crippen molar-refractivity contribution in [2.75, 3.05) is 0 Å². The molecule has 0 radical (unpaired) electrons. The van der Waals surface area contributed by atoms with Crippen LogP contribution >= 0.6 is 0 Å². The first-order valence-corrected chi connectivity index (χ1v) is 6.98. The molecule has 1 aliphatic rings. The van der Waals surface area contributed by atoms with Crippen molar-refractivity contribution in [2.45, 2.75) is 51.9 Å². The van der Waals surface area contributed by atoms with E-state index >= 15 is 0 Å². The average molecular weight is 256 g/mol. The van der Waals surface area contributed by atoms with Gasteiger partial charge < -0.3 is 0 Å². The zero-order chi connectivity index (χ0) is 14.4. The molecule has 1 heteroatoms. The Kier molecular flexibility index (Phi) is 3.20. The van der Waals surface area contributed by atoms with E-state index in [4.69, 9.17) is 0 Å².